The third-order valence-electron chi connectivity index (χ3n) is 4.23. The van der Waals surface area contributed by atoms with E-state index in [0.717, 1.165) is 29.1 Å². The van der Waals surface area contributed by atoms with Crippen molar-refractivity contribution in [2.75, 3.05) is 0 Å². The van der Waals surface area contributed by atoms with E-state index in [-0.39, 0.29) is 11.8 Å². The number of carbonyl (C=O) groups excluding carboxylic acids is 1. The molecule has 25 heavy (non-hydrogen) atoms. The molecule has 5 nitrogen and oxygen atoms in total. The van der Waals surface area contributed by atoms with Gasteiger partial charge in [0, 0.05) is 13.2 Å². The SMILES string of the molecule is CC[C@H](C(=O)NCc1cc(-c2ccccn2)n(C)n1)c1ccccc1. The van der Waals surface area contributed by atoms with E-state index in [0.29, 0.717) is 6.54 Å². The van der Waals surface area contributed by atoms with Crippen LogP contribution in [-0.4, -0.2) is 20.7 Å². The quantitative estimate of drug-likeness (QED) is 0.752. The fraction of sp³-hybridized carbons (Fsp3) is 0.250. The van der Waals surface area contributed by atoms with E-state index < -0.39 is 0 Å². The molecule has 1 amide bonds. The first kappa shape index (κ1) is 16.9. The number of aromatic nitrogens is 3. The summed E-state index contributed by atoms with van der Waals surface area (Å²) in [7, 11) is 1.88. The Labute approximate surface area is 147 Å². The number of carbonyl (C=O) groups is 1. The number of amides is 1. The highest BCUT2D eigenvalue weighted by molar-refractivity contribution is 5.83. The Bertz CT molecular complexity index is 827. The summed E-state index contributed by atoms with van der Waals surface area (Å²) in [5, 5.41) is 7.48. The van der Waals surface area contributed by atoms with Gasteiger partial charge in [-0.25, -0.2) is 0 Å². The van der Waals surface area contributed by atoms with Crippen LogP contribution in [0.4, 0.5) is 0 Å². The van der Waals surface area contributed by atoms with Crippen molar-refractivity contribution >= 4 is 5.91 Å². The lowest BCUT2D eigenvalue weighted by Crippen LogP contribution is -2.28. The summed E-state index contributed by atoms with van der Waals surface area (Å²) in [5.41, 5.74) is 3.66. The zero-order chi connectivity index (χ0) is 17.6. The van der Waals surface area contributed by atoms with Crippen LogP contribution in [0.2, 0.25) is 0 Å². The van der Waals surface area contributed by atoms with E-state index in [4.69, 9.17) is 0 Å². The average Bonchev–Trinajstić information content (AvgIpc) is 3.03. The van der Waals surface area contributed by atoms with Gasteiger partial charge in [-0.05, 0) is 30.2 Å². The maximum Gasteiger partial charge on any atom is 0.227 e. The number of nitrogens with zero attached hydrogens (tertiary/aromatic N) is 3. The number of hydrogen-bond acceptors (Lipinski definition) is 3. The van der Waals surface area contributed by atoms with E-state index in [2.05, 4.69) is 15.4 Å². The van der Waals surface area contributed by atoms with Crippen LogP contribution < -0.4 is 5.32 Å². The van der Waals surface area contributed by atoms with E-state index in [1.165, 1.54) is 0 Å². The summed E-state index contributed by atoms with van der Waals surface area (Å²) < 4.78 is 1.79. The lowest BCUT2D eigenvalue weighted by atomic mass is 9.96. The molecule has 0 bridgehead atoms. The second-order valence-corrected chi connectivity index (χ2v) is 5.95. The highest BCUT2D eigenvalue weighted by Gasteiger charge is 2.18. The predicted molar refractivity (Wildman–Crippen MR) is 97.8 cm³/mol. The summed E-state index contributed by atoms with van der Waals surface area (Å²) in [5.74, 6) is -0.112. The van der Waals surface area contributed by atoms with Crippen molar-refractivity contribution in [3.8, 4) is 11.4 Å². The number of nitrogens with one attached hydrogen (secondary N) is 1. The topological polar surface area (TPSA) is 59.8 Å². The molecule has 1 N–H and O–H groups in total. The molecule has 0 aliphatic rings. The molecule has 0 saturated heterocycles. The van der Waals surface area contributed by atoms with Crippen molar-refractivity contribution in [1.82, 2.24) is 20.1 Å². The first-order chi connectivity index (χ1) is 12.2. The van der Waals surface area contributed by atoms with E-state index in [9.17, 15) is 4.79 Å². The zero-order valence-corrected chi connectivity index (χ0v) is 14.5. The van der Waals surface area contributed by atoms with Crippen molar-refractivity contribution in [3.63, 3.8) is 0 Å². The van der Waals surface area contributed by atoms with Gasteiger partial charge in [0.1, 0.15) is 0 Å². The largest absolute Gasteiger partial charge is 0.350 e. The third-order valence-corrected chi connectivity index (χ3v) is 4.23. The normalized spacial score (nSPS) is 11.9. The van der Waals surface area contributed by atoms with Gasteiger partial charge in [0.25, 0.3) is 0 Å². The van der Waals surface area contributed by atoms with Gasteiger partial charge < -0.3 is 5.32 Å². The highest BCUT2D eigenvalue weighted by atomic mass is 16.1. The van der Waals surface area contributed by atoms with Gasteiger partial charge >= 0.3 is 0 Å². The Morgan fingerprint density at radius 1 is 1.16 bits per heavy atom. The molecule has 1 aromatic carbocycles. The lowest BCUT2D eigenvalue weighted by molar-refractivity contribution is -0.122. The number of benzene rings is 1. The molecule has 0 spiro atoms. The van der Waals surface area contributed by atoms with Crippen molar-refractivity contribution in [2.24, 2.45) is 7.05 Å². The third kappa shape index (κ3) is 3.94. The predicted octanol–water partition coefficient (Wildman–Crippen LogP) is 3.29. The Balaban J connectivity index is 1.68. The molecule has 0 radical (unpaired) electrons. The fourth-order valence-electron chi connectivity index (χ4n) is 2.93. The van der Waals surface area contributed by atoms with Crippen LogP contribution in [0.15, 0.2) is 60.8 Å². The van der Waals surface area contributed by atoms with Crippen LogP contribution in [0.25, 0.3) is 11.4 Å². The van der Waals surface area contributed by atoms with Crippen molar-refractivity contribution < 1.29 is 4.79 Å². The molecule has 128 valence electrons. The molecule has 3 aromatic rings. The van der Waals surface area contributed by atoms with Crippen LogP contribution in [0, 0.1) is 0 Å². The fourth-order valence-corrected chi connectivity index (χ4v) is 2.93. The molecule has 2 aromatic heterocycles. The molecule has 2 heterocycles. The zero-order valence-electron chi connectivity index (χ0n) is 14.5. The molecule has 3 rings (SSSR count). The van der Waals surface area contributed by atoms with Gasteiger partial charge in [-0.2, -0.15) is 5.10 Å². The summed E-state index contributed by atoms with van der Waals surface area (Å²) in [6.45, 7) is 2.43. The summed E-state index contributed by atoms with van der Waals surface area (Å²) in [4.78, 5) is 16.9. The summed E-state index contributed by atoms with van der Waals surface area (Å²) >= 11 is 0. The van der Waals surface area contributed by atoms with Crippen molar-refractivity contribution in [1.29, 1.82) is 0 Å². The summed E-state index contributed by atoms with van der Waals surface area (Å²) in [6, 6.07) is 17.6. The minimum Gasteiger partial charge on any atom is -0.350 e. The van der Waals surface area contributed by atoms with Crippen molar-refractivity contribution in [2.45, 2.75) is 25.8 Å². The van der Waals surface area contributed by atoms with Crippen LogP contribution in [0.5, 0.6) is 0 Å². The Hall–Kier alpha value is -2.95. The second kappa shape index (κ2) is 7.75. The van der Waals surface area contributed by atoms with Gasteiger partial charge in [0.2, 0.25) is 5.91 Å². The molecule has 0 aliphatic carbocycles. The minimum atomic E-state index is -0.139. The standard InChI is InChI=1S/C20H22N4O/c1-3-17(15-9-5-4-6-10-15)20(25)22-14-16-13-19(24(2)23-16)18-11-7-8-12-21-18/h4-13,17H,3,14H2,1-2H3,(H,22,25)/t17-/m0/s1. The maximum atomic E-state index is 12.6. The summed E-state index contributed by atoms with van der Waals surface area (Å²) in [6.07, 6.45) is 2.52. The smallest absolute Gasteiger partial charge is 0.227 e. The highest BCUT2D eigenvalue weighted by Crippen LogP contribution is 2.20. The number of pyridine rings is 1. The Morgan fingerprint density at radius 2 is 1.92 bits per heavy atom. The molecular formula is C20H22N4O. The van der Waals surface area contributed by atoms with Gasteiger partial charge in [0.15, 0.2) is 0 Å². The molecule has 5 heteroatoms. The average molecular weight is 334 g/mol. The molecule has 0 unspecified atom stereocenters. The first-order valence-electron chi connectivity index (χ1n) is 8.46. The number of hydrogen-bond donors (Lipinski definition) is 1. The lowest BCUT2D eigenvalue weighted by Gasteiger charge is -2.14. The molecule has 0 fully saturated rings. The van der Waals surface area contributed by atoms with Crippen LogP contribution in [0.3, 0.4) is 0 Å². The van der Waals surface area contributed by atoms with Crippen molar-refractivity contribution in [3.05, 3.63) is 72.1 Å². The van der Waals surface area contributed by atoms with Gasteiger partial charge in [-0.3, -0.25) is 14.5 Å². The van der Waals surface area contributed by atoms with E-state index in [1.54, 1.807) is 10.9 Å². The Morgan fingerprint density at radius 3 is 2.60 bits per heavy atom. The van der Waals surface area contributed by atoms with Crippen LogP contribution >= 0.6 is 0 Å². The van der Waals surface area contributed by atoms with E-state index >= 15 is 0 Å². The number of rotatable bonds is 6. The molecule has 0 saturated carbocycles. The molecule has 0 aliphatic heterocycles. The molecule has 1 atom stereocenters. The Kier molecular flexibility index (Phi) is 5.23. The van der Waals surface area contributed by atoms with Gasteiger partial charge in [0.05, 0.1) is 29.5 Å². The molecular weight excluding hydrogens is 312 g/mol. The second-order valence-electron chi connectivity index (χ2n) is 5.95. The van der Waals surface area contributed by atoms with Gasteiger partial charge in [-0.15, -0.1) is 0 Å². The van der Waals surface area contributed by atoms with Crippen LogP contribution in [-0.2, 0) is 18.4 Å². The maximum absolute atomic E-state index is 12.6. The van der Waals surface area contributed by atoms with E-state index in [1.807, 2.05) is 68.6 Å². The first-order valence-corrected chi connectivity index (χ1v) is 8.46. The van der Waals surface area contributed by atoms with Gasteiger partial charge in [-0.1, -0.05) is 43.3 Å². The number of aryl methyl sites for hydroxylation is 1. The minimum absolute atomic E-state index is 0.0266. The van der Waals surface area contributed by atoms with Crippen LogP contribution in [0.1, 0.15) is 30.5 Å². The monoisotopic (exact) mass is 334 g/mol.